The van der Waals surface area contributed by atoms with Gasteiger partial charge in [0.15, 0.2) is 0 Å². The zero-order chi connectivity index (χ0) is 16.2. The molecule has 0 amide bonds. The largest absolute Gasteiger partial charge is 0.468 e. The Kier molecular flexibility index (Phi) is 5.24. The van der Waals surface area contributed by atoms with E-state index in [1.54, 1.807) is 12.1 Å². The van der Waals surface area contributed by atoms with E-state index in [9.17, 15) is 9.18 Å². The summed E-state index contributed by atoms with van der Waals surface area (Å²) >= 11 is 1.52. The van der Waals surface area contributed by atoms with Crippen molar-refractivity contribution >= 4 is 17.7 Å². The summed E-state index contributed by atoms with van der Waals surface area (Å²) in [6.45, 7) is 3.69. The lowest BCUT2D eigenvalue weighted by molar-refractivity contribution is -0.142. The van der Waals surface area contributed by atoms with Gasteiger partial charge in [0.1, 0.15) is 10.6 Å². The normalized spacial score (nSPS) is 11.3. The van der Waals surface area contributed by atoms with Gasteiger partial charge in [0.05, 0.1) is 7.11 Å². The standard InChI is InChI=1S/C18H19FO2S/c1-18(2,17(20)21-3)22-12-13-8-10-14(11-9-13)15-6-4-5-7-16(15)19/h4-11H,12H2,1-3H3. The Balaban J connectivity index is 2.07. The summed E-state index contributed by atoms with van der Waals surface area (Å²) < 4.78 is 18.0. The molecule has 0 unspecified atom stereocenters. The summed E-state index contributed by atoms with van der Waals surface area (Å²) in [5.41, 5.74) is 2.53. The first-order valence-electron chi connectivity index (χ1n) is 7.00. The molecule has 22 heavy (non-hydrogen) atoms. The molecule has 116 valence electrons. The van der Waals surface area contributed by atoms with E-state index in [2.05, 4.69) is 0 Å². The van der Waals surface area contributed by atoms with Gasteiger partial charge in [-0.15, -0.1) is 11.8 Å². The van der Waals surface area contributed by atoms with Crippen LogP contribution in [0.4, 0.5) is 4.39 Å². The van der Waals surface area contributed by atoms with Crippen LogP contribution >= 0.6 is 11.8 Å². The summed E-state index contributed by atoms with van der Waals surface area (Å²) in [7, 11) is 1.40. The number of carbonyl (C=O) groups is 1. The molecular formula is C18H19FO2S. The van der Waals surface area contributed by atoms with Gasteiger partial charge in [0.25, 0.3) is 0 Å². The quantitative estimate of drug-likeness (QED) is 0.749. The van der Waals surface area contributed by atoms with Gasteiger partial charge in [-0.25, -0.2) is 4.39 Å². The van der Waals surface area contributed by atoms with Gasteiger partial charge in [-0.2, -0.15) is 0 Å². The number of carbonyl (C=O) groups excluding carboxylic acids is 1. The van der Waals surface area contributed by atoms with Crippen molar-refractivity contribution < 1.29 is 13.9 Å². The average molecular weight is 318 g/mol. The van der Waals surface area contributed by atoms with E-state index in [1.165, 1.54) is 24.9 Å². The van der Waals surface area contributed by atoms with Crippen molar-refractivity contribution in [3.8, 4) is 11.1 Å². The van der Waals surface area contributed by atoms with E-state index in [0.29, 0.717) is 11.3 Å². The van der Waals surface area contributed by atoms with Crippen molar-refractivity contribution in [1.29, 1.82) is 0 Å². The van der Waals surface area contributed by atoms with Crippen LogP contribution in [0.25, 0.3) is 11.1 Å². The molecule has 0 radical (unpaired) electrons. The van der Waals surface area contributed by atoms with E-state index in [0.717, 1.165) is 11.1 Å². The van der Waals surface area contributed by atoms with Crippen LogP contribution in [0.15, 0.2) is 48.5 Å². The van der Waals surface area contributed by atoms with E-state index in [4.69, 9.17) is 4.74 Å². The monoisotopic (exact) mass is 318 g/mol. The van der Waals surface area contributed by atoms with Crippen molar-refractivity contribution in [1.82, 2.24) is 0 Å². The Hall–Kier alpha value is -1.81. The smallest absolute Gasteiger partial charge is 0.321 e. The fourth-order valence-electron chi connectivity index (χ4n) is 2.04. The van der Waals surface area contributed by atoms with Crippen molar-refractivity contribution in [2.75, 3.05) is 7.11 Å². The van der Waals surface area contributed by atoms with Crippen molar-refractivity contribution in [2.45, 2.75) is 24.3 Å². The molecule has 2 aromatic carbocycles. The average Bonchev–Trinajstić information content (AvgIpc) is 2.53. The maximum atomic E-state index is 13.8. The molecule has 0 aromatic heterocycles. The number of rotatable bonds is 5. The summed E-state index contributed by atoms with van der Waals surface area (Å²) in [6, 6.07) is 14.4. The summed E-state index contributed by atoms with van der Waals surface area (Å²) in [4.78, 5) is 11.6. The summed E-state index contributed by atoms with van der Waals surface area (Å²) in [6.07, 6.45) is 0. The Morgan fingerprint density at radius 1 is 1.14 bits per heavy atom. The van der Waals surface area contributed by atoms with Gasteiger partial charge in [-0.1, -0.05) is 42.5 Å². The second-order valence-electron chi connectivity index (χ2n) is 5.47. The number of ether oxygens (including phenoxy) is 1. The molecule has 0 spiro atoms. The summed E-state index contributed by atoms with van der Waals surface area (Å²) in [5.74, 6) is 0.233. The first kappa shape index (κ1) is 16.6. The molecule has 0 bridgehead atoms. The van der Waals surface area contributed by atoms with Crippen LogP contribution in [0.2, 0.25) is 0 Å². The Morgan fingerprint density at radius 2 is 1.77 bits per heavy atom. The zero-order valence-electron chi connectivity index (χ0n) is 12.9. The predicted molar refractivity (Wildman–Crippen MR) is 89.2 cm³/mol. The molecule has 0 heterocycles. The van der Waals surface area contributed by atoms with Crippen LogP contribution in [0.1, 0.15) is 19.4 Å². The Bertz CT molecular complexity index is 650. The SMILES string of the molecule is COC(=O)C(C)(C)SCc1ccc(-c2ccccc2F)cc1. The third kappa shape index (κ3) is 3.89. The minimum absolute atomic E-state index is 0.226. The molecule has 4 heteroatoms. The van der Waals surface area contributed by atoms with Crippen molar-refractivity contribution in [3.05, 3.63) is 59.9 Å². The first-order valence-corrected chi connectivity index (χ1v) is 7.99. The molecule has 0 atom stereocenters. The number of thioether (sulfide) groups is 1. The number of methoxy groups -OCH3 is 1. The van der Waals surface area contributed by atoms with Gasteiger partial charge in [0.2, 0.25) is 0 Å². The molecular weight excluding hydrogens is 299 g/mol. The van der Waals surface area contributed by atoms with E-state index >= 15 is 0 Å². The van der Waals surface area contributed by atoms with Crippen molar-refractivity contribution in [2.24, 2.45) is 0 Å². The molecule has 2 nitrogen and oxygen atoms in total. The topological polar surface area (TPSA) is 26.3 Å². The van der Waals surface area contributed by atoms with Gasteiger partial charge in [-0.3, -0.25) is 4.79 Å². The minimum Gasteiger partial charge on any atom is -0.468 e. The fourth-order valence-corrected chi connectivity index (χ4v) is 2.97. The molecule has 2 aromatic rings. The third-order valence-corrected chi connectivity index (χ3v) is 4.78. The Labute approximate surface area is 134 Å². The van der Waals surface area contributed by atoms with Gasteiger partial charge in [-0.05, 0) is 31.0 Å². The van der Waals surface area contributed by atoms with Crippen LogP contribution in [0.3, 0.4) is 0 Å². The highest BCUT2D eigenvalue weighted by atomic mass is 32.2. The lowest BCUT2D eigenvalue weighted by Gasteiger charge is -2.20. The predicted octanol–water partition coefficient (Wildman–Crippen LogP) is 4.68. The minimum atomic E-state index is -0.584. The zero-order valence-corrected chi connectivity index (χ0v) is 13.7. The van der Waals surface area contributed by atoms with Crippen molar-refractivity contribution in [3.63, 3.8) is 0 Å². The van der Waals surface area contributed by atoms with Crippen LogP contribution in [-0.4, -0.2) is 17.8 Å². The van der Waals surface area contributed by atoms with Gasteiger partial charge in [0, 0.05) is 11.3 Å². The summed E-state index contributed by atoms with van der Waals surface area (Å²) in [5, 5.41) is 0. The molecule has 0 saturated heterocycles. The number of halogens is 1. The highest BCUT2D eigenvalue weighted by Crippen LogP contribution is 2.30. The molecule has 0 aliphatic rings. The number of esters is 1. The number of hydrogen-bond donors (Lipinski definition) is 0. The molecule has 0 N–H and O–H groups in total. The molecule has 0 fully saturated rings. The number of hydrogen-bond acceptors (Lipinski definition) is 3. The molecule has 0 aliphatic heterocycles. The van der Waals surface area contributed by atoms with Crippen LogP contribution in [0.5, 0.6) is 0 Å². The highest BCUT2D eigenvalue weighted by molar-refractivity contribution is 8.00. The Morgan fingerprint density at radius 3 is 2.36 bits per heavy atom. The molecule has 2 rings (SSSR count). The lowest BCUT2D eigenvalue weighted by atomic mass is 10.0. The fraction of sp³-hybridized carbons (Fsp3) is 0.278. The van der Waals surface area contributed by atoms with E-state index in [1.807, 2.05) is 44.2 Å². The molecule has 0 aliphatic carbocycles. The van der Waals surface area contributed by atoms with Crippen LogP contribution in [0, 0.1) is 5.82 Å². The van der Waals surface area contributed by atoms with E-state index in [-0.39, 0.29) is 11.8 Å². The third-order valence-electron chi connectivity index (χ3n) is 3.42. The van der Waals surface area contributed by atoms with Gasteiger partial charge < -0.3 is 4.74 Å². The van der Waals surface area contributed by atoms with E-state index < -0.39 is 4.75 Å². The van der Waals surface area contributed by atoms with Crippen LogP contribution in [-0.2, 0) is 15.3 Å². The first-order chi connectivity index (χ1) is 10.4. The maximum Gasteiger partial charge on any atom is 0.321 e. The second kappa shape index (κ2) is 6.97. The van der Waals surface area contributed by atoms with Crippen LogP contribution < -0.4 is 0 Å². The number of benzene rings is 2. The maximum absolute atomic E-state index is 13.8. The second-order valence-corrected chi connectivity index (χ2v) is 7.07. The highest BCUT2D eigenvalue weighted by Gasteiger charge is 2.28. The lowest BCUT2D eigenvalue weighted by Crippen LogP contribution is -2.29. The van der Waals surface area contributed by atoms with Gasteiger partial charge >= 0.3 is 5.97 Å². The molecule has 0 saturated carbocycles.